The lowest BCUT2D eigenvalue weighted by molar-refractivity contribution is 0.728. The van der Waals surface area contributed by atoms with Crippen molar-refractivity contribution in [1.82, 2.24) is 9.78 Å². The number of fused-ring (bicyclic) bond motifs is 1. The Morgan fingerprint density at radius 3 is 2.71 bits per heavy atom. The van der Waals surface area contributed by atoms with Crippen LogP contribution in [0.3, 0.4) is 0 Å². The maximum atomic E-state index is 6.04. The number of nitrogens with zero attached hydrogens (tertiary/aromatic N) is 2. The zero-order valence-corrected chi connectivity index (χ0v) is 9.52. The van der Waals surface area contributed by atoms with Crippen molar-refractivity contribution in [3.05, 3.63) is 27.9 Å². The molecule has 0 fully saturated rings. The fourth-order valence-corrected chi connectivity index (χ4v) is 2.22. The highest BCUT2D eigenvalue weighted by atomic mass is 35.5. The summed E-state index contributed by atoms with van der Waals surface area (Å²) in [5.41, 5.74) is 1.99. The smallest absolute Gasteiger partial charge is 0.111 e. The zero-order chi connectivity index (χ0) is 10.3. The molecule has 0 N–H and O–H groups in total. The van der Waals surface area contributed by atoms with Crippen LogP contribution >= 0.6 is 23.2 Å². The zero-order valence-electron chi connectivity index (χ0n) is 8.01. The number of aryl methyl sites for hydroxylation is 2. The molecule has 0 saturated heterocycles. The predicted molar refractivity (Wildman–Crippen MR) is 60.1 cm³/mol. The van der Waals surface area contributed by atoms with E-state index in [1.54, 1.807) is 6.07 Å². The molecule has 1 aromatic heterocycles. The molecule has 0 spiro atoms. The molecule has 4 heteroatoms. The highest BCUT2D eigenvalue weighted by molar-refractivity contribution is 6.38. The summed E-state index contributed by atoms with van der Waals surface area (Å²) in [6.07, 6.45) is 0.920. The Balaban J connectivity index is 2.87. The minimum absolute atomic E-state index is 0.614. The third-order valence-electron chi connectivity index (χ3n) is 2.31. The van der Waals surface area contributed by atoms with Gasteiger partial charge in [0.15, 0.2) is 0 Å². The van der Waals surface area contributed by atoms with Gasteiger partial charge in [-0.3, -0.25) is 4.68 Å². The van der Waals surface area contributed by atoms with E-state index in [-0.39, 0.29) is 0 Å². The van der Waals surface area contributed by atoms with Crippen LogP contribution in [-0.2, 0) is 13.5 Å². The van der Waals surface area contributed by atoms with E-state index in [4.69, 9.17) is 23.2 Å². The van der Waals surface area contributed by atoms with Crippen LogP contribution < -0.4 is 0 Å². The molecule has 0 amide bonds. The van der Waals surface area contributed by atoms with E-state index >= 15 is 0 Å². The van der Waals surface area contributed by atoms with Crippen LogP contribution in [0.5, 0.6) is 0 Å². The van der Waals surface area contributed by atoms with Gasteiger partial charge in [0.25, 0.3) is 0 Å². The molecule has 1 heterocycles. The van der Waals surface area contributed by atoms with Crippen LogP contribution in [0.2, 0.25) is 10.0 Å². The summed E-state index contributed by atoms with van der Waals surface area (Å²) in [5.74, 6) is 0. The molecule has 2 rings (SSSR count). The van der Waals surface area contributed by atoms with Crippen molar-refractivity contribution >= 4 is 34.1 Å². The summed E-state index contributed by atoms with van der Waals surface area (Å²) in [4.78, 5) is 0. The molecule has 0 atom stereocenters. The van der Waals surface area contributed by atoms with E-state index in [1.807, 2.05) is 17.8 Å². The third kappa shape index (κ3) is 1.39. The Bertz CT molecular complexity index is 488. The van der Waals surface area contributed by atoms with Gasteiger partial charge in [0.2, 0.25) is 0 Å². The quantitative estimate of drug-likeness (QED) is 0.732. The van der Waals surface area contributed by atoms with Crippen molar-refractivity contribution in [1.29, 1.82) is 0 Å². The second-order valence-electron chi connectivity index (χ2n) is 3.21. The van der Waals surface area contributed by atoms with Crippen molar-refractivity contribution in [2.45, 2.75) is 13.3 Å². The van der Waals surface area contributed by atoms with Gasteiger partial charge < -0.3 is 0 Å². The fraction of sp³-hybridized carbons (Fsp3) is 0.300. The molecule has 0 aliphatic carbocycles. The highest BCUT2D eigenvalue weighted by Gasteiger charge is 2.10. The van der Waals surface area contributed by atoms with Gasteiger partial charge in [-0.1, -0.05) is 30.1 Å². The van der Waals surface area contributed by atoms with Gasteiger partial charge in [-0.2, -0.15) is 5.10 Å². The van der Waals surface area contributed by atoms with E-state index in [1.165, 1.54) is 0 Å². The number of halogens is 2. The molecule has 0 radical (unpaired) electrons. The molecule has 74 valence electrons. The summed E-state index contributed by atoms with van der Waals surface area (Å²) in [7, 11) is 1.92. The van der Waals surface area contributed by atoms with Crippen LogP contribution in [0.4, 0.5) is 0 Å². The number of rotatable bonds is 1. The van der Waals surface area contributed by atoms with Gasteiger partial charge in [0.1, 0.15) is 5.52 Å². The van der Waals surface area contributed by atoms with Crippen LogP contribution in [0.25, 0.3) is 10.9 Å². The second kappa shape index (κ2) is 3.44. The standard InChI is InChI=1S/C10H10Cl2N2/c1-3-9-7-4-6(11)5-8(12)10(7)13-14(9)2/h4-5H,3H2,1-2H3. The Hall–Kier alpha value is -0.730. The van der Waals surface area contributed by atoms with E-state index in [9.17, 15) is 0 Å². The van der Waals surface area contributed by atoms with Crippen molar-refractivity contribution < 1.29 is 0 Å². The van der Waals surface area contributed by atoms with Crippen LogP contribution in [0.15, 0.2) is 12.1 Å². The van der Waals surface area contributed by atoms with E-state index < -0.39 is 0 Å². The molecular weight excluding hydrogens is 219 g/mol. The average Bonchev–Trinajstić information content (AvgIpc) is 2.41. The topological polar surface area (TPSA) is 17.8 Å². The summed E-state index contributed by atoms with van der Waals surface area (Å²) in [5, 5.41) is 6.67. The molecule has 0 unspecified atom stereocenters. The lowest BCUT2D eigenvalue weighted by Crippen LogP contribution is -1.95. The largest absolute Gasteiger partial charge is 0.271 e. The monoisotopic (exact) mass is 228 g/mol. The van der Waals surface area contributed by atoms with Crippen molar-refractivity contribution in [3.63, 3.8) is 0 Å². The molecule has 2 aromatic rings. The van der Waals surface area contributed by atoms with E-state index in [0.29, 0.717) is 10.0 Å². The Morgan fingerprint density at radius 2 is 2.07 bits per heavy atom. The average molecular weight is 229 g/mol. The van der Waals surface area contributed by atoms with E-state index in [0.717, 1.165) is 23.0 Å². The third-order valence-corrected chi connectivity index (χ3v) is 2.82. The van der Waals surface area contributed by atoms with Crippen molar-refractivity contribution in [3.8, 4) is 0 Å². The normalized spacial score (nSPS) is 11.1. The first kappa shape index (κ1) is 9.81. The van der Waals surface area contributed by atoms with Gasteiger partial charge in [-0.05, 0) is 18.6 Å². The number of benzene rings is 1. The summed E-state index contributed by atoms with van der Waals surface area (Å²) in [6.45, 7) is 2.09. The first-order chi connectivity index (χ1) is 6.63. The Kier molecular flexibility index (Phi) is 2.41. The SMILES string of the molecule is CCc1c2cc(Cl)cc(Cl)c2nn1C. The molecule has 0 saturated carbocycles. The lowest BCUT2D eigenvalue weighted by atomic mass is 10.2. The molecule has 2 nitrogen and oxygen atoms in total. The number of aromatic nitrogens is 2. The van der Waals surface area contributed by atoms with E-state index in [2.05, 4.69) is 12.0 Å². The minimum Gasteiger partial charge on any atom is -0.271 e. The first-order valence-electron chi connectivity index (χ1n) is 4.44. The van der Waals surface area contributed by atoms with Gasteiger partial charge >= 0.3 is 0 Å². The molecule has 0 aliphatic rings. The maximum absolute atomic E-state index is 6.04. The van der Waals surface area contributed by atoms with Crippen molar-refractivity contribution in [2.75, 3.05) is 0 Å². The number of hydrogen-bond donors (Lipinski definition) is 0. The van der Waals surface area contributed by atoms with Gasteiger partial charge in [-0.15, -0.1) is 0 Å². The Labute approximate surface area is 92.4 Å². The predicted octanol–water partition coefficient (Wildman–Crippen LogP) is 3.44. The van der Waals surface area contributed by atoms with Crippen LogP contribution in [0.1, 0.15) is 12.6 Å². The Morgan fingerprint density at radius 1 is 1.36 bits per heavy atom. The second-order valence-corrected chi connectivity index (χ2v) is 4.05. The van der Waals surface area contributed by atoms with Gasteiger partial charge in [0, 0.05) is 23.2 Å². The summed E-state index contributed by atoms with van der Waals surface area (Å²) in [6, 6.07) is 3.63. The molecule has 14 heavy (non-hydrogen) atoms. The first-order valence-corrected chi connectivity index (χ1v) is 5.19. The lowest BCUT2D eigenvalue weighted by Gasteiger charge is -1.97. The minimum atomic E-state index is 0.614. The maximum Gasteiger partial charge on any atom is 0.111 e. The molecule has 1 aromatic carbocycles. The molecule has 0 bridgehead atoms. The molecular formula is C10H10Cl2N2. The molecule has 0 aliphatic heterocycles. The van der Waals surface area contributed by atoms with Gasteiger partial charge in [-0.25, -0.2) is 0 Å². The van der Waals surface area contributed by atoms with Crippen LogP contribution in [-0.4, -0.2) is 9.78 Å². The van der Waals surface area contributed by atoms with Crippen molar-refractivity contribution in [2.24, 2.45) is 7.05 Å². The summed E-state index contributed by atoms with van der Waals surface area (Å²) < 4.78 is 1.85. The fourth-order valence-electron chi connectivity index (χ4n) is 1.69. The number of hydrogen-bond acceptors (Lipinski definition) is 1. The summed E-state index contributed by atoms with van der Waals surface area (Å²) >= 11 is 12.0. The van der Waals surface area contributed by atoms with Gasteiger partial charge in [0.05, 0.1) is 5.02 Å². The highest BCUT2D eigenvalue weighted by Crippen LogP contribution is 2.29. The van der Waals surface area contributed by atoms with Crippen LogP contribution in [0, 0.1) is 0 Å².